The molecule has 1 aromatic heterocycles. The SMILES string of the molecule is CCOC(=O)[C@@H]1CNCC[C@H]1NC(=O)Nc1ccnc2ccc(OC)cc12. The number of ether oxygens (including phenoxy) is 2. The largest absolute Gasteiger partial charge is 0.497 e. The number of methoxy groups -OCH3 is 1. The van der Waals surface area contributed by atoms with Crippen LogP contribution in [0.4, 0.5) is 10.5 Å². The molecule has 144 valence electrons. The number of benzene rings is 1. The van der Waals surface area contributed by atoms with Gasteiger partial charge in [-0.05, 0) is 44.2 Å². The van der Waals surface area contributed by atoms with Crippen LogP contribution in [0.3, 0.4) is 0 Å². The molecule has 2 heterocycles. The van der Waals surface area contributed by atoms with Gasteiger partial charge in [0.2, 0.25) is 0 Å². The number of fused-ring (bicyclic) bond motifs is 1. The number of anilines is 1. The van der Waals surface area contributed by atoms with Gasteiger partial charge < -0.3 is 25.4 Å². The first-order chi connectivity index (χ1) is 13.1. The fourth-order valence-corrected chi connectivity index (χ4v) is 3.22. The molecule has 1 saturated heterocycles. The van der Waals surface area contributed by atoms with E-state index in [0.717, 1.165) is 17.4 Å². The molecule has 8 heteroatoms. The molecule has 0 radical (unpaired) electrons. The molecule has 3 rings (SSSR count). The van der Waals surface area contributed by atoms with E-state index in [4.69, 9.17) is 9.47 Å². The zero-order valence-electron chi connectivity index (χ0n) is 15.5. The standard InChI is InChI=1S/C19H24N4O4/c1-3-27-18(24)14-11-20-8-6-17(14)23-19(25)22-16-7-9-21-15-5-4-12(26-2)10-13(15)16/h4-5,7,9-10,14,17,20H,3,6,8,11H2,1-2H3,(H2,21,22,23,25)/t14-,17-/m1/s1. The van der Waals surface area contributed by atoms with Gasteiger partial charge >= 0.3 is 12.0 Å². The van der Waals surface area contributed by atoms with Crippen molar-refractivity contribution in [1.29, 1.82) is 0 Å². The number of pyridine rings is 1. The Kier molecular flexibility index (Phi) is 6.08. The van der Waals surface area contributed by atoms with Crippen molar-refractivity contribution in [3.63, 3.8) is 0 Å². The molecule has 1 aliphatic heterocycles. The Bertz CT molecular complexity index is 826. The van der Waals surface area contributed by atoms with Gasteiger partial charge in [0.05, 0.1) is 30.8 Å². The summed E-state index contributed by atoms with van der Waals surface area (Å²) in [6, 6.07) is 6.55. The monoisotopic (exact) mass is 372 g/mol. The highest BCUT2D eigenvalue weighted by Gasteiger charge is 2.33. The van der Waals surface area contributed by atoms with E-state index in [0.29, 0.717) is 31.0 Å². The molecule has 2 aromatic rings. The summed E-state index contributed by atoms with van der Waals surface area (Å²) >= 11 is 0. The molecule has 0 spiro atoms. The highest BCUT2D eigenvalue weighted by atomic mass is 16.5. The predicted octanol–water partition coefficient (Wildman–Crippen LogP) is 1.91. The molecular formula is C19H24N4O4. The number of aromatic nitrogens is 1. The molecule has 1 aromatic carbocycles. The number of esters is 1. The lowest BCUT2D eigenvalue weighted by Gasteiger charge is -2.31. The number of carbonyl (C=O) groups excluding carboxylic acids is 2. The molecule has 3 N–H and O–H groups in total. The molecule has 0 bridgehead atoms. The second kappa shape index (κ2) is 8.68. The quantitative estimate of drug-likeness (QED) is 0.693. The number of amides is 2. The maximum atomic E-state index is 12.6. The Balaban J connectivity index is 1.73. The van der Waals surface area contributed by atoms with Crippen LogP contribution in [0.15, 0.2) is 30.5 Å². The van der Waals surface area contributed by atoms with Crippen LogP contribution in [0.5, 0.6) is 5.75 Å². The first-order valence-corrected chi connectivity index (χ1v) is 9.00. The summed E-state index contributed by atoms with van der Waals surface area (Å²) in [5.41, 5.74) is 1.37. The lowest BCUT2D eigenvalue weighted by molar-refractivity contribution is -0.149. The maximum Gasteiger partial charge on any atom is 0.319 e. The summed E-state index contributed by atoms with van der Waals surface area (Å²) in [4.78, 5) is 29.0. The maximum absolute atomic E-state index is 12.6. The Morgan fingerprint density at radius 2 is 2.19 bits per heavy atom. The molecule has 8 nitrogen and oxygen atoms in total. The minimum atomic E-state index is -0.404. The van der Waals surface area contributed by atoms with E-state index in [9.17, 15) is 9.59 Å². The van der Waals surface area contributed by atoms with Gasteiger partial charge in [-0.25, -0.2) is 4.79 Å². The van der Waals surface area contributed by atoms with E-state index in [2.05, 4.69) is 20.9 Å². The molecule has 0 aliphatic carbocycles. The van der Waals surface area contributed by atoms with Gasteiger partial charge in [0.25, 0.3) is 0 Å². The van der Waals surface area contributed by atoms with Gasteiger partial charge in [-0.2, -0.15) is 0 Å². The van der Waals surface area contributed by atoms with Crippen molar-refractivity contribution in [2.45, 2.75) is 19.4 Å². The van der Waals surface area contributed by atoms with E-state index in [1.165, 1.54) is 0 Å². The summed E-state index contributed by atoms with van der Waals surface area (Å²) in [6.07, 6.45) is 2.29. The van der Waals surface area contributed by atoms with E-state index in [1.54, 1.807) is 26.3 Å². The molecule has 0 unspecified atom stereocenters. The number of piperidine rings is 1. The lowest BCUT2D eigenvalue weighted by atomic mass is 9.93. The van der Waals surface area contributed by atoms with Gasteiger partial charge in [0, 0.05) is 24.2 Å². The summed E-state index contributed by atoms with van der Waals surface area (Å²) < 4.78 is 10.4. The predicted molar refractivity (Wildman–Crippen MR) is 102 cm³/mol. The molecule has 2 atom stereocenters. The van der Waals surface area contributed by atoms with E-state index >= 15 is 0 Å². The fourth-order valence-electron chi connectivity index (χ4n) is 3.22. The molecule has 1 fully saturated rings. The van der Waals surface area contributed by atoms with Gasteiger partial charge in [0.15, 0.2) is 0 Å². The van der Waals surface area contributed by atoms with Crippen LogP contribution in [0.25, 0.3) is 10.9 Å². The number of hydrogen-bond acceptors (Lipinski definition) is 6. The van der Waals surface area contributed by atoms with Crippen molar-refractivity contribution in [2.24, 2.45) is 5.92 Å². The molecule has 0 saturated carbocycles. The molecular weight excluding hydrogens is 348 g/mol. The lowest BCUT2D eigenvalue weighted by Crippen LogP contribution is -2.53. The summed E-state index contributed by atoms with van der Waals surface area (Å²) in [7, 11) is 1.59. The smallest absolute Gasteiger partial charge is 0.319 e. The van der Waals surface area contributed by atoms with Crippen LogP contribution in [-0.4, -0.2) is 49.8 Å². The van der Waals surface area contributed by atoms with Gasteiger partial charge in [-0.1, -0.05) is 0 Å². The number of carbonyl (C=O) groups is 2. The normalized spacial score (nSPS) is 19.3. The van der Waals surface area contributed by atoms with Crippen molar-refractivity contribution >= 4 is 28.6 Å². The van der Waals surface area contributed by atoms with E-state index < -0.39 is 5.92 Å². The highest BCUT2D eigenvalue weighted by Crippen LogP contribution is 2.26. The van der Waals surface area contributed by atoms with E-state index in [1.807, 2.05) is 18.2 Å². The highest BCUT2D eigenvalue weighted by molar-refractivity contribution is 6.00. The topological polar surface area (TPSA) is 102 Å². The van der Waals surface area contributed by atoms with Crippen LogP contribution in [0.1, 0.15) is 13.3 Å². The van der Waals surface area contributed by atoms with Crippen molar-refractivity contribution in [1.82, 2.24) is 15.6 Å². The minimum Gasteiger partial charge on any atom is -0.497 e. The molecule has 2 amide bonds. The van der Waals surface area contributed by atoms with E-state index in [-0.39, 0.29) is 18.0 Å². The molecule has 1 aliphatic rings. The van der Waals surface area contributed by atoms with Crippen LogP contribution in [0.2, 0.25) is 0 Å². The first-order valence-electron chi connectivity index (χ1n) is 9.00. The van der Waals surface area contributed by atoms with Crippen molar-refractivity contribution < 1.29 is 19.1 Å². The van der Waals surface area contributed by atoms with Gasteiger partial charge in [-0.15, -0.1) is 0 Å². The average Bonchev–Trinajstić information content (AvgIpc) is 2.68. The number of nitrogens with zero attached hydrogens (tertiary/aromatic N) is 1. The van der Waals surface area contributed by atoms with Crippen molar-refractivity contribution in [2.75, 3.05) is 32.1 Å². The van der Waals surface area contributed by atoms with Crippen LogP contribution >= 0.6 is 0 Å². The second-order valence-corrected chi connectivity index (χ2v) is 6.30. The number of nitrogens with one attached hydrogen (secondary N) is 3. The number of rotatable bonds is 5. The van der Waals surface area contributed by atoms with Gasteiger partial charge in [0.1, 0.15) is 5.75 Å². The minimum absolute atomic E-state index is 0.284. The summed E-state index contributed by atoms with van der Waals surface area (Å²) in [6.45, 7) is 3.31. The number of hydrogen-bond donors (Lipinski definition) is 3. The Hall–Kier alpha value is -2.87. The van der Waals surface area contributed by atoms with Crippen LogP contribution < -0.4 is 20.7 Å². The Labute approximate surface area is 157 Å². The second-order valence-electron chi connectivity index (χ2n) is 6.30. The van der Waals surface area contributed by atoms with Crippen molar-refractivity contribution in [3.05, 3.63) is 30.5 Å². The van der Waals surface area contributed by atoms with Crippen LogP contribution in [0, 0.1) is 5.92 Å². The average molecular weight is 372 g/mol. The molecule has 27 heavy (non-hydrogen) atoms. The Morgan fingerprint density at radius 1 is 1.33 bits per heavy atom. The summed E-state index contributed by atoms with van der Waals surface area (Å²) in [5, 5.41) is 9.71. The zero-order valence-corrected chi connectivity index (χ0v) is 15.5. The third kappa shape index (κ3) is 4.46. The fraction of sp³-hybridized carbons (Fsp3) is 0.421. The van der Waals surface area contributed by atoms with Crippen LogP contribution in [-0.2, 0) is 9.53 Å². The summed E-state index contributed by atoms with van der Waals surface area (Å²) in [5.74, 6) is -0.0208. The first kappa shape index (κ1) is 18.9. The van der Waals surface area contributed by atoms with Gasteiger partial charge in [-0.3, -0.25) is 9.78 Å². The van der Waals surface area contributed by atoms with Crippen molar-refractivity contribution in [3.8, 4) is 5.75 Å². The Morgan fingerprint density at radius 3 is 2.96 bits per heavy atom. The zero-order chi connectivity index (χ0) is 19.2. The third-order valence-corrected chi connectivity index (χ3v) is 4.58. The third-order valence-electron chi connectivity index (χ3n) is 4.58. The number of urea groups is 1.